The molecule has 1 amide bonds. The number of sulfonamides is 1. The highest BCUT2D eigenvalue weighted by Gasteiger charge is 2.33. The Morgan fingerprint density at radius 1 is 1.17 bits per heavy atom. The molecule has 1 N–H and O–H groups in total. The summed E-state index contributed by atoms with van der Waals surface area (Å²) >= 11 is 6.06. The second-order valence-electron chi connectivity index (χ2n) is 7.15. The average Bonchev–Trinajstić information content (AvgIpc) is 2.68. The summed E-state index contributed by atoms with van der Waals surface area (Å²) in [6, 6.07) is 10.6. The predicted octanol–water partition coefficient (Wildman–Crippen LogP) is 3.58. The molecule has 0 spiro atoms. The SMILES string of the molecule is CN(C)c1ccc(Cl)cc1NC(=O)C1CCN(S(=O)(=O)c2ccccc2F)CC1. The van der Waals surface area contributed by atoms with Crippen LogP contribution in [-0.4, -0.2) is 45.8 Å². The van der Waals surface area contributed by atoms with Crippen molar-refractivity contribution < 1.29 is 17.6 Å². The number of anilines is 2. The molecule has 0 saturated carbocycles. The summed E-state index contributed by atoms with van der Waals surface area (Å²) < 4.78 is 40.6. The van der Waals surface area contributed by atoms with Gasteiger partial charge in [-0.25, -0.2) is 12.8 Å². The number of nitrogens with zero attached hydrogens (tertiary/aromatic N) is 2. The number of carbonyl (C=O) groups is 1. The highest BCUT2D eigenvalue weighted by atomic mass is 35.5. The first-order valence-electron chi connectivity index (χ1n) is 9.22. The quantitative estimate of drug-likeness (QED) is 0.773. The third kappa shape index (κ3) is 4.71. The fraction of sp³-hybridized carbons (Fsp3) is 0.350. The standard InChI is InChI=1S/C20H23ClFN3O3S/c1-24(2)18-8-7-15(21)13-17(18)23-20(26)14-9-11-25(12-10-14)29(27,28)19-6-4-3-5-16(19)22/h3-8,13-14H,9-12H2,1-2H3,(H,23,26). The van der Waals surface area contributed by atoms with Crippen molar-refractivity contribution >= 4 is 38.9 Å². The number of rotatable bonds is 5. The van der Waals surface area contributed by atoms with E-state index >= 15 is 0 Å². The van der Waals surface area contributed by atoms with Crippen molar-refractivity contribution in [1.29, 1.82) is 0 Å². The smallest absolute Gasteiger partial charge is 0.245 e. The Hall–Kier alpha value is -2.16. The number of amides is 1. The molecule has 2 aromatic carbocycles. The zero-order valence-corrected chi connectivity index (χ0v) is 17.8. The molecule has 0 radical (unpaired) electrons. The van der Waals surface area contributed by atoms with Crippen LogP contribution in [-0.2, 0) is 14.8 Å². The van der Waals surface area contributed by atoms with Gasteiger partial charge in [-0.2, -0.15) is 4.31 Å². The zero-order chi connectivity index (χ0) is 21.2. The molecule has 0 aliphatic carbocycles. The topological polar surface area (TPSA) is 69.7 Å². The van der Waals surface area contributed by atoms with Crippen LogP contribution in [0.4, 0.5) is 15.8 Å². The second kappa shape index (κ2) is 8.69. The number of halogens is 2. The third-order valence-corrected chi connectivity index (χ3v) is 7.14. The molecule has 0 unspecified atom stereocenters. The number of nitrogens with one attached hydrogen (secondary N) is 1. The molecule has 0 bridgehead atoms. The maximum atomic E-state index is 13.9. The molecule has 1 aliphatic rings. The van der Waals surface area contributed by atoms with Crippen LogP contribution in [0.5, 0.6) is 0 Å². The van der Waals surface area contributed by atoms with E-state index in [2.05, 4.69) is 5.32 Å². The Morgan fingerprint density at radius 2 is 1.83 bits per heavy atom. The molecule has 1 heterocycles. The summed E-state index contributed by atoms with van der Waals surface area (Å²) in [5, 5.41) is 3.41. The first-order valence-corrected chi connectivity index (χ1v) is 11.0. The fourth-order valence-corrected chi connectivity index (χ4v) is 5.09. The fourth-order valence-electron chi connectivity index (χ4n) is 3.38. The summed E-state index contributed by atoms with van der Waals surface area (Å²) in [6.07, 6.45) is 0.717. The van der Waals surface area contributed by atoms with Crippen molar-refractivity contribution in [2.75, 3.05) is 37.4 Å². The van der Waals surface area contributed by atoms with Gasteiger partial charge >= 0.3 is 0 Å². The van der Waals surface area contributed by atoms with Crippen LogP contribution in [0.15, 0.2) is 47.4 Å². The largest absolute Gasteiger partial charge is 0.376 e. The van der Waals surface area contributed by atoms with Crippen LogP contribution in [0, 0.1) is 11.7 Å². The van der Waals surface area contributed by atoms with E-state index in [1.807, 2.05) is 25.1 Å². The van der Waals surface area contributed by atoms with Crippen LogP contribution < -0.4 is 10.2 Å². The van der Waals surface area contributed by atoms with Gasteiger partial charge in [-0.05, 0) is 43.2 Å². The molecular weight excluding hydrogens is 417 g/mol. The molecule has 1 aliphatic heterocycles. The van der Waals surface area contributed by atoms with Crippen LogP contribution in [0.1, 0.15) is 12.8 Å². The third-order valence-electron chi connectivity index (χ3n) is 4.98. The number of benzene rings is 2. The molecule has 1 fully saturated rings. The number of hydrogen-bond donors (Lipinski definition) is 1. The summed E-state index contributed by atoms with van der Waals surface area (Å²) in [6.45, 7) is 0.315. The predicted molar refractivity (Wildman–Crippen MR) is 112 cm³/mol. The Labute approximate surface area is 175 Å². The van der Waals surface area contributed by atoms with Gasteiger partial charge in [0.15, 0.2) is 0 Å². The minimum absolute atomic E-state index is 0.158. The van der Waals surface area contributed by atoms with Gasteiger partial charge in [0.25, 0.3) is 0 Å². The van der Waals surface area contributed by atoms with Crippen molar-refractivity contribution in [3.8, 4) is 0 Å². The second-order valence-corrected chi connectivity index (χ2v) is 9.50. The summed E-state index contributed by atoms with van der Waals surface area (Å²) in [4.78, 5) is 14.3. The summed E-state index contributed by atoms with van der Waals surface area (Å²) in [5.41, 5.74) is 1.43. The van der Waals surface area contributed by atoms with Crippen molar-refractivity contribution in [3.05, 3.63) is 53.3 Å². The first kappa shape index (κ1) is 21.5. The van der Waals surface area contributed by atoms with Gasteiger partial charge in [0.05, 0.1) is 11.4 Å². The van der Waals surface area contributed by atoms with E-state index in [0.717, 1.165) is 11.8 Å². The van der Waals surface area contributed by atoms with Crippen molar-refractivity contribution in [2.24, 2.45) is 5.92 Å². The molecule has 0 atom stereocenters. The Morgan fingerprint density at radius 3 is 2.45 bits per heavy atom. The lowest BCUT2D eigenvalue weighted by Gasteiger charge is -2.31. The molecule has 156 valence electrons. The van der Waals surface area contributed by atoms with Gasteiger partial charge < -0.3 is 10.2 Å². The van der Waals surface area contributed by atoms with E-state index in [-0.39, 0.29) is 29.8 Å². The molecule has 3 rings (SSSR count). The maximum Gasteiger partial charge on any atom is 0.245 e. The van der Waals surface area contributed by atoms with Crippen LogP contribution in [0.3, 0.4) is 0 Å². The number of hydrogen-bond acceptors (Lipinski definition) is 4. The molecule has 2 aromatic rings. The van der Waals surface area contributed by atoms with Gasteiger partial charge in [-0.15, -0.1) is 0 Å². The molecule has 29 heavy (non-hydrogen) atoms. The summed E-state index contributed by atoms with van der Waals surface area (Å²) in [7, 11) is -0.190. The van der Waals surface area contributed by atoms with Crippen molar-refractivity contribution in [3.63, 3.8) is 0 Å². The van der Waals surface area contributed by atoms with E-state index < -0.39 is 15.8 Å². The minimum atomic E-state index is -3.92. The normalized spacial score (nSPS) is 15.9. The van der Waals surface area contributed by atoms with E-state index in [1.165, 1.54) is 22.5 Å². The number of piperidine rings is 1. The molecule has 0 aromatic heterocycles. The summed E-state index contributed by atoms with van der Waals surface area (Å²) in [5.74, 6) is -1.29. The van der Waals surface area contributed by atoms with E-state index in [9.17, 15) is 17.6 Å². The van der Waals surface area contributed by atoms with E-state index in [0.29, 0.717) is 23.6 Å². The minimum Gasteiger partial charge on any atom is -0.376 e. The average molecular weight is 440 g/mol. The first-order chi connectivity index (χ1) is 13.7. The molecule has 1 saturated heterocycles. The lowest BCUT2D eigenvalue weighted by molar-refractivity contribution is -0.120. The zero-order valence-electron chi connectivity index (χ0n) is 16.2. The van der Waals surface area contributed by atoms with Gasteiger partial charge in [0, 0.05) is 38.1 Å². The van der Waals surface area contributed by atoms with Crippen LogP contribution in [0.25, 0.3) is 0 Å². The Bertz CT molecular complexity index is 1010. The van der Waals surface area contributed by atoms with E-state index in [4.69, 9.17) is 11.6 Å². The van der Waals surface area contributed by atoms with Gasteiger partial charge in [0.1, 0.15) is 10.7 Å². The maximum absolute atomic E-state index is 13.9. The molecular formula is C20H23ClFN3O3S. The number of carbonyl (C=O) groups excluding carboxylic acids is 1. The van der Waals surface area contributed by atoms with Gasteiger partial charge in [0.2, 0.25) is 15.9 Å². The van der Waals surface area contributed by atoms with Gasteiger partial charge in [-0.1, -0.05) is 23.7 Å². The molecule has 9 heteroatoms. The Kier molecular flexibility index (Phi) is 6.45. The van der Waals surface area contributed by atoms with E-state index in [1.54, 1.807) is 12.1 Å². The highest BCUT2D eigenvalue weighted by molar-refractivity contribution is 7.89. The Balaban J connectivity index is 1.68. The lowest BCUT2D eigenvalue weighted by Crippen LogP contribution is -2.41. The monoisotopic (exact) mass is 439 g/mol. The molecule has 6 nitrogen and oxygen atoms in total. The van der Waals surface area contributed by atoms with Crippen LogP contribution >= 0.6 is 11.6 Å². The van der Waals surface area contributed by atoms with Crippen molar-refractivity contribution in [1.82, 2.24) is 4.31 Å². The highest BCUT2D eigenvalue weighted by Crippen LogP contribution is 2.30. The van der Waals surface area contributed by atoms with Crippen LogP contribution in [0.2, 0.25) is 5.02 Å². The lowest BCUT2D eigenvalue weighted by atomic mass is 9.97. The van der Waals surface area contributed by atoms with Crippen molar-refractivity contribution in [2.45, 2.75) is 17.7 Å². The van der Waals surface area contributed by atoms with Gasteiger partial charge in [-0.3, -0.25) is 4.79 Å².